The van der Waals surface area contributed by atoms with E-state index in [2.05, 4.69) is 26.6 Å². The van der Waals surface area contributed by atoms with E-state index >= 15 is 0 Å². The number of nitrogens with one attached hydrogen (secondary N) is 3. The van der Waals surface area contributed by atoms with Crippen LogP contribution in [0.15, 0.2) is 32.8 Å². The van der Waals surface area contributed by atoms with Crippen molar-refractivity contribution in [3.63, 3.8) is 0 Å². The molecule has 1 atom stereocenters. The molecule has 122 valence electrons. The monoisotopic (exact) mass is 391 g/mol. The van der Waals surface area contributed by atoms with Gasteiger partial charge in [0.25, 0.3) is 0 Å². The number of halogens is 3. The van der Waals surface area contributed by atoms with E-state index in [9.17, 15) is 4.39 Å². The molecular weight excluding hydrogens is 373 g/mol. The Labute approximate surface area is 143 Å². The quantitative estimate of drug-likeness (QED) is 0.676. The summed E-state index contributed by atoms with van der Waals surface area (Å²) >= 11 is 9.32. The Morgan fingerprint density at radius 3 is 2.77 bits per heavy atom. The molecule has 1 aliphatic carbocycles. The highest BCUT2D eigenvalue weighted by molar-refractivity contribution is 9.12. The molecule has 1 aliphatic heterocycles. The number of rotatable bonds is 4. The lowest BCUT2D eigenvalue weighted by Gasteiger charge is -2.25. The van der Waals surface area contributed by atoms with Crippen LogP contribution in [0.2, 0.25) is 0 Å². The van der Waals surface area contributed by atoms with Crippen LogP contribution in [0.1, 0.15) is 33.1 Å². The summed E-state index contributed by atoms with van der Waals surface area (Å²) < 4.78 is 20.2. The molecule has 1 fully saturated rings. The van der Waals surface area contributed by atoms with Gasteiger partial charge < -0.3 is 15.4 Å². The molecular formula is C15H20BrClFN3O. The van der Waals surface area contributed by atoms with Gasteiger partial charge in [0.05, 0.1) is 20.9 Å². The van der Waals surface area contributed by atoms with Crippen LogP contribution in [0.3, 0.4) is 0 Å². The van der Waals surface area contributed by atoms with Crippen LogP contribution in [0.5, 0.6) is 0 Å². The first kappa shape index (κ1) is 17.5. The Kier molecular flexibility index (Phi) is 6.06. The van der Waals surface area contributed by atoms with Gasteiger partial charge in [0.15, 0.2) is 5.83 Å². The van der Waals surface area contributed by atoms with Crippen LogP contribution in [0.4, 0.5) is 4.39 Å². The fraction of sp³-hybridized carbons (Fsp3) is 0.533. The number of allylic oxidation sites excluding steroid dienone is 4. The standard InChI is InChI=1S/C15H20BrClFN3O/c1-8(2)21-15-13(18)12(17)11(16)9(14(15)19)7-20-10-5-3-4-6-22-10/h7-8,10,19-21H,3-6H2,1-2H3/b9-7-,19-14?. The van der Waals surface area contributed by atoms with Crippen molar-refractivity contribution in [1.29, 1.82) is 5.41 Å². The molecule has 0 aromatic rings. The van der Waals surface area contributed by atoms with Crippen molar-refractivity contribution < 1.29 is 9.13 Å². The maximum absolute atomic E-state index is 14.3. The van der Waals surface area contributed by atoms with Gasteiger partial charge in [-0.1, -0.05) is 11.6 Å². The van der Waals surface area contributed by atoms with Crippen LogP contribution in [0, 0.1) is 5.41 Å². The van der Waals surface area contributed by atoms with Gasteiger partial charge in [-0.2, -0.15) is 0 Å². The summed E-state index contributed by atoms with van der Waals surface area (Å²) in [6.45, 7) is 4.49. The Morgan fingerprint density at radius 1 is 1.45 bits per heavy atom. The minimum atomic E-state index is -0.613. The SMILES string of the molecule is CC(C)NC1=C(F)C(Cl)=C(Br)/C(=C/NC2CCCCO2)C1=N. The summed E-state index contributed by atoms with van der Waals surface area (Å²) in [6.07, 6.45) is 4.67. The fourth-order valence-corrected chi connectivity index (χ4v) is 2.97. The van der Waals surface area contributed by atoms with Gasteiger partial charge in [0, 0.05) is 24.4 Å². The molecule has 22 heavy (non-hydrogen) atoms. The van der Waals surface area contributed by atoms with Crippen LogP contribution in [-0.2, 0) is 4.74 Å². The van der Waals surface area contributed by atoms with Crippen LogP contribution in [-0.4, -0.2) is 24.6 Å². The Balaban J connectivity index is 2.22. The lowest BCUT2D eigenvalue weighted by molar-refractivity contribution is 0.00331. The third-order valence-corrected chi connectivity index (χ3v) is 4.79. The van der Waals surface area contributed by atoms with Crippen molar-refractivity contribution in [2.75, 3.05) is 6.61 Å². The molecule has 2 rings (SSSR count). The van der Waals surface area contributed by atoms with Crippen molar-refractivity contribution in [1.82, 2.24) is 10.6 Å². The first-order valence-electron chi connectivity index (χ1n) is 7.31. The van der Waals surface area contributed by atoms with E-state index in [0.717, 1.165) is 25.9 Å². The molecule has 1 unspecified atom stereocenters. The summed E-state index contributed by atoms with van der Waals surface area (Å²) in [5.74, 6) is -0.613. The van der Waals surface area contributed by atoms with E-state index in [-0.39, 0.29) is 28.7 Å². The smallest absolute Gasteiger partial charge is 0.168 e. The van der Waals surface area contributed by atoms with Crippen LogP contribution >= 0.6 is 27.5 Å². The zero-order valence-electron chi connectivity index (χ0n) is 12.6. The molecule has 3 N–H and O–H groups in total. The predicted octanol–water partition coefficient (Wildman–Crippen LogP) is 4.04. The Bertz CT molecular complexity index is 551. The Hall–Kier alpha value is -0.850. The molecule has 7 heteroatoms. The second-order valence-electron chi connectivity index (χ2n) is 5.57. The summed E-state index contributed by atoms with van der Waals surface area (Å²) in [4.78, 5) is 0. The lowest BCUT2D eigenvalue weighted by Crippen LogP contribution is -2.34. The first-order chi connectivity index (χ1) is 10.4. The molecule has 0 saturated carbocycles. The number of hydrogen-bond acceptors (Lipinski definition) is 4. The van der Waals surface area contributed by atoms with Gasteiger partial charge in [-0.15, -0.1) is 0 Å². The number of ether oxygens (including phenoxy) is 1. The highest BCUT2D eigenvalue weighted by Gasteiger charge is 2.29. The molecule has 0 amide bonds. The molecule has 0 radical (unpaired) electrons. The average molecular weight is 393 g/mol. The maximum atomic E-state index is 14.3. The van der Waals surface area contributed by atoms with E-state index in [0.29, 0.717) is 10.1 Å². The molecule has 0 bridgehead atoms. The minimum absolute atomic E-state index is 0.00155. The highest BCUT2D eigenvalue weighted by Crippen LogP contribution is 2.37. The fourth-order valence-electron chi connectivity index (χ4n) is 2.29. The van der Waals surface area contributed by atoms with E-state index in [1.165, 1.54) is 0 Å². The molecule has 1 saturated heterocycles. The zero-order chi connectivity index (χ0) is 16.3. The van der Waals surface area contributed by atoms with Crippen LogP contribution < -0.4 is 10.6 Å². The van der Waals surface area contributed by atoms with Gasteiger partial charge in [0.2, 0.25) is 0 Å². The molecule has 1 heterocycles. The van der Waals surface area contributed by atoms with Crippen molar-refractivity contribution in [3.8, 4) is 0 Å². The zero-order valence-corrected chi connectivity index (χ0v) is 14.9. The summed E-state index contributed by atoms with van der Waals surface area (Å²) in [5, 5.41) is 14.3. The van der Waals surface area contributed by atoms with E-state index in [4.69, 9.17) is 21.7 Å². The minimum Gasteiger partial charge on any atom is -0.379 e. The Morgan fingerprint density at radius 2 is 2.18 bits per heavy atom. The molecule has 4 nitrogen and oxygen atoms in total. The third kappa shape index (κ3) is 3.91. The predicted molar refractivity (Wildman–Crippen MR) is 90.7 cm³/mol. The normalized spacial score (nSPS) is 25.3. The van der Waals surface area contributed by atoms with E-state index in [1.807, 2.05) is 13.8 Å². The third-order valence-electron chi connectivity index (χ3n) is 3.39. The molecule has 2 aliphatic rings. The maximum Gasteiger partial charge on any atom is 0.168 e. The van der Waals surface area contributed by atoms with Gasteiger partial charge in [-0.25, -0.2) is 4.39 Å². The summed E-state index contributed by atoms with van der Waals surface area (Å²) in [7, 11) is 0. The molecule has 0 aromatic heterocycles. The lowest BCUT2D eigenvalue weighted by atomic mass is 10.0. The van der Waals surface area contributed by atoms with Crippen molar-refractivity contribution >= 4 is 33.2 Å². The van der Waals surface area contributed by atoms with E-state index in [1.54, 1.807) is 6.20 Å². The van der Waals surface area contributed by atoms with Crippen molar-refractivity contribution in [2.45, 2.75) is 45.4 Å². The topological polar surface area (TPSA) is 57.1 Å². The summed E-state index contributed by atoms with van der Waals surface area (Å²) in [5.41, 5.74) is 0.676. The number of hydrogen-bond donors (Lipinski definition) is 3. The molecule has 0 aromatic carbocycles. The van der Waals surface area contributed by atoms with Gasteiger partial charge in [0.1, 0.15) is 6.23 Å². The summed E-state index contributed by atoms with van der Waals surface area (Å²) in [6, 6.07) is -0.00155. The van der Waals surface area contributed by atoms with Gasteiger partial charge in [-0.3, -0.25) is 5.41 Å². The first-order valence-corrected chi connectivity index (χ1v) is 8.48. The highest BCUT2D eigenvalue weighted by atomic mass is 79.9. The van der Waals surface area contributed by atoms with E-state index < -0.39 is 5.83 Å². The second-order valence-corrected chi connectivity index (χ2v) is 6.74. The van der Waals surface area contributed by atoms with Crippen LogP contribution in [0.25, 0.3) is 0 Å². The van der Waals surface area contributed by atoms with Crippen molar-refractivity contribution in [2.24, 2.45) is 0 Å². The second kappa shape index (κ2) is 7.62. The van der Waals surface area contributed by atoms with Gasteiger partial charge in [-0.05, 0) is 49.0 Å². The van der Waals surface area contributed by atoms with Crippen molar-refractivity contribution in [3.05, 3.63) is 32.8 Å². The largest absolute Gasteiger partial charge is 0.379 e. The average Bonchev–Trinajstić information content (AvgIpc) is 2.50. The van der Waals surface area contributed by atoms with Gasteiger partial charge >= 0.3 is 0 Å². The molecule has 0 spiro atoms.